The molecule has 2 bridgehead atoms. The Morgan fingerprint density at radius 1 is 0.750 bits per heavy atom. The topological polar surface area (TPSA) is 0 Å². The number of rotatable bonds is 0. The van der Waals surface area contributed by atoms with Crippen molar-refractivity contribution in [1.29, 1.82) is 0 Å². The van der Waals surface area contributed by atoms with Gasteiger partial charge in [-0.25, -0.2) is 0 Å². The highest BCUT2D eigenvalue weighted by atomic mass is 33.1. The Kier molecular flexibility index (Phi) is 1.47. The molecule has 8 heavy (non-hydrogen) atoms. The molecule has 2 heteroatoms. The highest BCUT2D eigenvalue weighted by Crippen LogP contribution is 2.49. The van der Waals surface area contributed by atoms with E-state index >= 15 is 0 Å². The highest BCUT2D eigenvalue weighted by molar-refractivity contribution is 8.77. The summed E-state index contributed by atoms with van der Waals surface area (Å²) in [5.74, 6) is 0. The molecule has 0 amide bonds. The Morgan fingerprint density at radius 2 is 1.12 bits per heavy atom. The molecule has 0 aromatic heterocycles. The van der Waals surface area contributed by atoms with Crippen LogP contribution in [0.25, 0.3) is 0 Å². The Morgan fingerprint density at radius 3 is 1.25 bits per heavy atom. The first-order valence-electron chi connectivity index (χ1n) is 3.27. The largest absolute Gasteiger partial charge is 0.0904 e. The summed E-state index contributed by atoms with van der Waals surface area (Å²) in [4.78, 5) is 0. The summed E-state index contributed by atoms with van der Waals surface area (Å²) in [5, 5.41) is 2.06. The minimum atomic E-state index is 1.03. The Balaban J connectivity index is 2.03. The van der Waals surface area contributed by atoms with Crippen molar-refractivity contribution >= 4 is 21.6 Å². The first kappa shape index (κ1) is 5.48. The van der Waals surface area contributed by atoms with Gasteiger partial charge in [-0.2, -0.15) is 0 Å². The minimum absolute atomic E-state index is 1.03. The Labute approximate surface area is 58.2 Å². The fourth-order valence-electron chi connectivity index (χ4n) is 1.38. The van der Waals surface area contributed by atoms with Gasteiger partial charge >= 0.3 is 0 Å². The molecule has 0 atom stereocenters. The van der Waals surface area contributed by atoms with Crippen LogP contribution in [0, 0.1) is 0 Å². The summed E-state index contributed by atoms with van der Waals surface area (Å²) in [6.45, 7) is 0. The number of hydrogen-bond acceptors (Lipinski definition) is 2. The van der Waals surface area contributed by atoms with Crippen molar-refractivity contribution < 1.29 is 0 Å². The van der Waals surface area contributed by atoms with Crippen LogP contribution in [-0.4, -0.2) is 10.5 Å². The van der Waals surface area contributed by atoms with Gasteiger partial charge in [0.25, 0.3) is 0 Å². The van der Waals surface area contributed by atoms with Gasteiger partial charge in [0.05, 0.1) is 0 Å². The SMILES string of the molecule is C1CC2CCC1SS2. The van der Waals surface area contributed by atoms with Crippen LogP contribution >= 0.6 is 21.6 Å². The van der Waals surface area contributed by atoms with Crippen molar-refractivity contribution in [3.63, 3.8) is 0 Å². The molecule has 0 aromatic carbocycles. The molecule has 0 unspecified atom stereocenters. The van der Waals surface area contributed by atoms with Crippen molar-refractivity contribution in [2.75, 3.05) is 0 Å². The molecular weight excluding hydrogens is 136 g/mol. The van der Waals surface area contributed by atoms with Crippen LogP contribution in [0.4, 0.5) is 0 Å². The van der Waals surface area contributed by atoms with Gasteiger partial charge in [0.15, 0.2) is 0 Å². The zero-order chi connectivity index (χ0) is 5.40. The van der Waals surface area contributed by atoms with Crippen molar-refractivity contribution in [1.82, 2.24) is 0 Å². The maximum Gasteiger partial charge on any atom is 0.0152 e. The molecule has 3 aliphatic rings. The maximum atomic E-state index is 2.13. The van der Waals surface area contributed by atoms with E-state index in [4.69, 9.17) is 0 Å². The molecule has 46 valence electrons. The van der Waals surface area contributed by atoms with E-state index in [1.165, 1.54) is 25.7 Å². The molecule has 0 N–H and O–H groups in total. The summed E-state index contributed by atoms with van der Waals surface area (Å²) in [7, 11) is 4.26. The van der Waals surface area contributed by atoms with Crippen molar-refractivity contribution in [2.45, 2.75) is 36.2 Å². The van der Waals surface area contributed by atoms with Crippen LogP contribution in [0.3, 0.4) is 0 Å². The third-order valence-corrected chi connectivity index (χ3v) is 5.51. The standard InChI is InChI=1S/C6H10S2/c1-2-6-4-3-5(1)7-8-6/h5-6H,1-4H2. The number of hydrogen-bond donors (Lipinski definition) is 0. The fraction of sp³-hybridized carbons (Fsp3) is 1.00. The van der Waals surface area contributed by atoms with Gasteiger partial charge in [-0.3, -0.25) is 0 Å². The van der Waals surface area contributed by atoms with Crippen LogP contribution in [0.2, 0.25) is 0 Å². The van der Waals surface area contributed by atoms with Crippen LogP contribution in [0.15, 0.2) is 0 Å². The van der Waals surface area contributed by atoms with Gasteiger partial charge in [-0.05, 0) is 25.7 Å². The van der Waals surface area contributed by atoms with Crippen molar-refractivity contribution in [3.05, 3.63) is 0 Å². The molecule has 2 aliphatic heterocycles. The molecule has 3 rings (SSSR count). The zero-order valence-corrected chi connectivity index (χ0v) is 6.43. The third-order valence-electron chi connectivity index (χ3n) is 1.95. The van der Waals surface area contributed by atoms with E-state index in [0.717, 1.165) is 10.5 Å². The van der Waals surface area contributed by atoms with E-state index in [9.17, 15) is 0 Å². The van der Waals surface area contributed by atoms with Gasteiger partial charge in [0, 0.05) is 10.5 Å². The van der Waals surface area contributed by atoms with E-state index in [1.807, 2.05) is 0 Å². The predicted molar refractivity (Wildman–Crippen MR) is 41.2 cm³/mol. The quantitative estimate of drug-likeness (QED) is 0.482. The fourth-order valence-corrected chi connectivity index (χ4v) is 4.72. The third kappa shape index (κ3) is 0.883. The average Bonchev–Trinajstić information content (AvgIpc) is 1.92. The highest BCUT2D eigenvalue weighted by Gasteiger charge is 2.28. The smallest absolute Gasteiger partial charge is 0.0152 e. The summed E-state index contributed by atoms with van der Waals surface area (Å²) in [5.41, 5.74) is 0. The monoisotopic (exact) mass is 146 g/mol. The lowest BCUT2D eigenvalue weighted by molar-refractivity contribution is 0.525. The Bertz CT molecular complexity index is 61.5. The first-order chi connectivity index (χ1) is 3.95. The van der Waals surface area contributed by atoms with Crippen LogP contribution < -0.4 is 0 Å². The van der Waals surface area contributed by atoms with Gasteiger partial charge in [-0.15, -0.1) is 0 Å². The predicted octanol–water partition coefficient (Wildman–Crippen LogP) is 2.69. The second kappa shape index (κ2) is 2.14. The summed E-state index contributed by atoms with van der Waals surface area (Å²) in [6.07, 6.45) is 6.01. The van der Waals surface area contributed by atoms with Gasteiger partial charge in [0.1, 0.15) is 0 Å². The molecule has 1 saturated carbocycles. The van der Waals surface area contributed by atoms with E-state index in [2.05, 4.69) is 21.6 Å². The molecule has 0 nitrogen and oxygen atoms in total. The average molecular weight is 146 g/mol. The Hall–Kier alpha value is 0.700. The maximum absolute atomic E-state index is 2.13. The van der Waals surface area contributed by atoms with E-state index in [-0.39, 0.29) is 0 Å². The summed E-state index contributed by atoms with van der Waals surface area (Å²) < 4.78 is 0. The molecule has 3 fully saturated rings. The van der Waals surface area contributed by atoms with E-state index < -0.39 is 0 Å². The zero-order valence-electron chi connectivity index (χ0n) is 4.80. The molecule has 2 saturated heterocycles. The van der Waals surface area contributed by atoms with Crippen molar-refractivity contribution in [2.24, 2.45) is 0 Å². The van der Waals surface area contributed by atoms with Crippen LogP contribution in [-0.2, 0) is 0 Å². The molecule has 1 aliphatic carbocycles. The molecule has 0 radical (unpaired) electrons. The molecular formula is C6H10S2. The molecule has 2 heterocycles. The normalized spacial score (nSPS) is 45.0. The summed E-state index contributed by atoms with van der Waals surface area (Å²) >= 11 is 0. The minimum Gasteiger partial charge on any atom is -0.0904 e. The second-order valence-corrected chi connectivity index (χ2v) is 5.46. The number of fused-ring (bicyclic) bond motifs is 3. The van der Waals surface area contributed by atoms with Crippen molar-refractivity contribution in [3.8, 4) is 0 Å². The lowest BCUT2D eigenvalue weighted by atomic mass is 10.00. The summed E-state index contributed by atoms with van der Waals surface area (Å²) in [6, 6.07) is 0. The lowest BCUT2D eigenvalue weighted by Gasteiger charge is -2.33. The lowest BCUT2D eigenvalue weighted by Crippen LogP contribution is -2.21. The van der Waals surface area contributed by atoms with E-state index in [1.54, 1.807) is 0 Å². The van der Waals surface area contributed by atoms with Gasteiger partial charge in [-0.1, -0.05) is 21.6 Å². The van der Waals surface area contributed by atoms with E-state index in [0.29, 0.717) is 0 Å². The molecule has 0 aromatic rings. The second-order valence-electron chi connectivity index (χ2n) is 2.59. The first-order valence-corrected chi connectivity index (χ1v) is 5.55. The van der Waals surface area contributed by atoms with Gasteiger partial charge in [0.2, 0.25) is 0 Å². The van der Waals surface area contributed by atoms with Gasteiger partial charge < -0.3 is 0 Å². The van der Waals surface area contributed by atoms with Crippen LogP contribution in [0.1, 0.15) is 25.7 Å². The molecule has 0 spiro atoms. The van der Waals surface area contributed by atoms with Crippen LogP contribution in [0.5, 0.6) is 0 Å².